The molecular weight excluding hydrogens is 699 g/mol. The molecule has 0 fully saturated rings. The van der Waals surface area contributed by atoms with Gasteiger partial charge in [0, 0.05) is 48.3 Å². The van der Waals surface area contributed by atoms with Gasteiger partial charge < -0.3 is 9.32 Å². The number of thiophene rings is 1. The van der Waals surface area contributed by atoms with Crippen molar-refractivity contribution >= 4 is 92.1 Å². The van der Waals surface area contributed by atoms with E-state index in [0.29, 0.717) is 0 Å². The van der Waals surface area contributed by atoms with E-state index in [4.69, 9.17) is 4.42 Å². The smallest absolute Gasteiger partial charge is 0.143 e. The first-order valence-corrected chi connectivity index (χ1v) is 20.2. The number of furan rings is 1. The molecule has 0 unspecified atom stereocenters. The van der Waals surface area contributed by atoms with Crippen molar-refractivity contribution < 1.29 is 4.42 Å². The van der Waals surface area contributed by atoms with E-state index in [-0.39, 0.29) is 5.41 Å². The van der Waals surface area contributed by atoms with E-state index in [1.807, 2.05) is 11.3 Å². The lowest BCUT2D eigenvalue weighted by Gasteiger charge is -2.29. The van der Waals surface area contributed by atoms with Crippen LogP contribution < -0.4 is 4.90 Å². The predicted octanol–water partition coefficient (Wildman–Crippen LogP) is 15.7. The summed E-state index contributed by atoms with van der Waals surface area (Å²) in [4.78, 5) is 2.51. The van der Waals surface area contributed by atoms with E-state index in [2.05, 4.69) is 195 Å². The molecule has 0 aliphatic heterocycles. The molecule has 0 radical (unpaired) electrons. The molecule has 0 spiro atoms. The third kappa shape index (κ3) is 4.43. The van der Waals surface area contributed by atoms with Gasteiger partial charge in [0.15, 0.2) is 0 Å². The Labute approximate surface area is 328 Å². The molecule has 9 aromatic carbocycles. The molecule has 12 rings (SSSR count). The molecule has 0 atom stereocenters. The summed E-state index contributed by atoms with van der Waals surface area (Å²) in [6, 6.07) is 64.6. The molecule has 3 heteroatoms. The van der Waals surface area contributed by atoms with Crippen molar-refractivity contribution in [3.05, 3.63) is 187 Å². The maximum absolute atomic E-state index is 6.68. The molecule has 2 nitrogen and oxygen atoms in total. The van der Waals surface area contributed by atoms with Gasteiger partial charge in [0.25, 0.3) is 0 Å². The zero-order valence-corrected chi connectivity index (χ0v) is 31.8. The van der Waals surface area contributed by atoms with Gasteiger partial charge in [-0.2, -0.15) is 0 Å². The summed E-state index contributed by atoms with van der Waals surface area (Å²) in [5.74, 6) is 0. The number of hydrogen-bond acceptors (Lipinski definition) is 3. The highest BCUT2D eigenvalue weighted by Gasteiger charge is 2.38. The maximum atomic E-state index is 6.68. The summed E-state index contributed by atoms with van der Waals surface area (Å²) >= 11 is 1.87. The van der Waals surface area contributed by atoms with E-state index in [9.17, 15) is 0 Å². The number of hydrogen-bond donors (Lipinski definition) is 0. The van der Waals surface area contributed by atoms with Crippen molar-refractivity contribution in [2.75, 3.05) is 4.90 Å². The SMILES string of the molecule is CC1(C)c2ccccc2-c2c(N(c3ccc(-c4ccc5ccccc5c4)cc3)c3cccc4c3sc3ccc5oc6c7ccccc7ccc6c5c34)cccc21. The van der Waals surface area contributed by atoms with Gasteiger partial charge in [0.2, 0.25) is 0 Å². The van der Waals surface area contributed by atoms with Crippen LogP contribution in [0.15, 0.2) is 180 Å². The van der Waals surface area contributed by atoms with Crippen LogP contribution in [0.4, 0.5) is 17.1 Å². The highest BCUT2D eigenvalue weighted by molar-refractivity contribution is 7.26. The van der Waals surface area contributed by atoms with Crippen LogP contribution in [-0.2, 0) is 5.41 Å². The Morgan fingerprint density at radius 2 is 1.20 bits per heavy atom. The van der Waals surface area contributed by atoms with Crippen LogP contribution in [0, 0.1) is 0 Å². The van der Waals surface area contributed by atoms with Gasteiger partial charge in [-0.05, 0) is 92.5 Å². The molecule has 2 aromatic heterocycles. The zero-order chi connectivity index (χ0) is 37.1. The molecule has 1 aliphatic carbocycles. The van der Waals surface area contributed by atoms with Gasteiger partial charge in [0.05, 0.1) is 16.1 Å². The first-order chi connectivity index (χ1) is 27.5. The van der Waals surface area contributed by atoms with Crippen LogP contribution in [0.25, 0.3) is 85.9 Å². The van der Waals surface area contributed by atoms with Crippen molar-refractivity contribution in [3.63, 3.8) is 0 Å². The van der Waals surface area contributed by atoms with Crippen molar-refractivity contribution in [2.45, 2.75) is 19.3 Å². The van der Waals surface area contributed by atoms with Crippen LogP contribution in [0.1, 0.15) is 25.0 Å². The monoisotopic (exact) mass is 733 g/mol. The fourth-order valence-electron chi connectivity index (χ4n) is 9.55. The van der Waals surface area contributed by atoms with E-state index < -0.39 is 0 Å². The van der Waals surface area contributed by atoms with Gasteiger partial charge in [-0.1, -0.05) is 141 Å². The molecule has 0 saturated carbocycles. The van der Waals surface area contributed by atoms with Gasteiger partial charge in [-0.25, -0.2) is 0 Å². The third-order valence-corrected chi connectivity index (χ3v) is 13.4. The summed E-state index contributed by atoms with van der Waals surface area (Å²) in [7, 11) is 0. The Morgan fingerprint density at radius 3 is 2.09 bits per heavy atom. The number of anilines is 3. The van der Waals surface area contributed by atoms with Gasteiger partial charge >= 0.3 is 0 Å². The van der Waals surface area contributed by atoms with E-state index in [1.54, 1.807) is 0 Å². The fraction of sp³-hybridized carbons (Fsp3) is 0.0566. The van der Waals surface area contributed by atoms with E-state index >= 15 is 0 Å². The second-order valence-corrected chi connectivity index (χ2v) is 16.7. The summed E-state index contributed by atoms with van der Waals surface area (Å²) in [5.41, 5.74) is 13.0. The lowest BCUT2D eigenvalue weighted by molar-refractivity contribution is 0.660. The molecular formula is C53H35NOS. The topological polar surface area (TPSA) is 16.4 Å². The standard InChI is InChI=1S/C53H35NOS/c1-53(2)42-17-8-7-15-39(42)48-43(53)18-10-19-44(48)54(37-26-23-33(24-27-37)36-22-21-32-11-3-4-13-35(32)31-36)45-20-9-16-41-50-47(56-52(41)45)30-29-46-49(50)40-28-25-34-12-5-6-14-38(34)51(40)55-46/h3-31H,1-2H3. The molecule has 0 N–H and O–H groups in total. The Hall–Kier alpha value is -6.68. The van der Waals surface area contributed by atoms with Crippen molar-refractivity contribution in [3.8, 4) is 22.3 Å². The summed E-state index contributed by atoms with van der Waals surface area (Å²) in [6.07, 6.45) is 0. The summed E-state index contributed by atoms with van der Waals surface area (Å²) in [6.45, 7) is 4.72. The minimum atomic E-state index is -0.116. The molecule has 2 heterocycles. The lowest BCUT2D eigenvalue weighted by Crippen LogP contribution is -2.16. The number of nitrogens with zero attached hydrogens (tertiary/aromatic N) is 1. The minimum Gasteiger partial charge on any atom is -0.455 e. The van der Waals surface area contributed by atoms with Crippen molar-refractivity contribution in [1.29, 1.82) is 0 Å². The van der Waals surface area contributed by atoms with Crippen molar-refractivity contribution in [1.82, 2.24) is 0 Å². The summed E-state index contributed by atoms with van der Waals surface area (Å²) in [5, 5.41) is 9.70. The Balaban J connectivity index is 1.11. The van der Waals surface area contributed by atoms with E-state index in [1.165, 1.54) is 86.5 Å². The average molecular weight is 734 g/mol. The maximum Gasteiger partial charge on any atom is 0.143 e. The van der Waals surface area contributed by atoms with Gasteiger partial charge in [0.1, 0.15) is 11.2 Å². The lowest BCUT2D eigenvalue weighted by atomic mass is 9.82. The first-order valence-electron chi connectivity index (χ1n) is 19.3. The van der Waals surface area contributed by atoms with Crippen LogP contribution in [-0.4, -0.2) is 0 Å². The number of benzene rings is 9. The molecule has 1 aliphatic rings. The van der Waals surface area contributed by atoms with Crippen molar-refractivity contribution in [2.24, 2.45) is 0 Å². The molecule has 0 saturated heterocycles. The Kier molecular flexibility index (Phi) is 6.59. The average Bonchev–Trinajstić information content (AvgIpc) is 3.89. The van der Waals surface area contributed by atoms with Crippen LogP contribution >= 0.6 is 11.3 Å². The van der Waals surface area contributed by atoms with Crippen LogP contribution in [0.3, 0.4) is 0 Å². The first kappa shape index (κ1) is 31.6. The van der Waals surface area contributed by atoms with E-state index in [0.717, 1.165) is 27.6 Å². The third-order valence-electron chi connectivity index (χ3n) is 12.2. The quantitative estimate of drug-likeness (QED) is 0.179. The number of rotatable bonds is 4. The molecule has 264 valence electrons. The second-order valence-electron chi connectivity index (χ2n) is 15.6. The zero-order valence-electron chi connectivity index (χ0n) is 31.0. The molecule has 11 aromatic rings. The summed E-state index contributed by atoms with van der Waals surface area (Å²) < 4.78 is 9.19. The van der Waals surface area contributed by atoms with Crippen LogP contribution in [0.5, 0.6) is 0 Å². The van der Waals surface area contributed by atoms with Gasteiger partial charge in [-0.15, -0.1) is 11.3 Å². The predicted molar refractivity (Wildman–Crippen MR) is 239 cm³/mol. The Morgan fingerprint density at radius 1 is 0.500 bits per heavy atom. The molecule has 56 heavy (non-hydrogen) atoms. The van der Waals surface area contributed by atoms with Gasteiger partial charge in [-0.3, -0.25) is 0 Å². The fourth-order valence-corrected chi connectivity index (χ4v) is 10.8. The highest BCUT2D eigenvalue weighted by Crippen LogP contribution is 2.56. The molecule has 0 bridgehead atoms. The van der Waals surface area contributed by atoms with Crippen LogP contribution in [0.2, 0.25) is 0 Å². The Bertz CT molecular complexity index is 3400. The number of fused-ring (bicyclic) bond motifs is 13. The molecule has 0 amide bonds. The highest BCUT2D eigenvalue weighted by atomic mass is 32.1. The second kappa shape index (κ2) is 11.7. The minimum absolute atomic E-state index is 0.116. The largest absolute Gasteiger partial charge is 0.455 e. The normalized spacial score (nSPS) is 13.3.